The second kappa shape index (κ2) is 6.77. The molecule has 0 saturated heterocycles. The van der Waals surface area contributed by atoms with Crippen LogP contribution in [-0.4, -0.2) is 12.0 Å². The summed E-state index contributed by atoms with van der Waals surface area (Å²) in [6.45, 7) is 3.68. The minimum absolute atomic E-state index is 0.0150. The van der Waals surface area contributed by atoms with E-state index < -0.39 is 6.10 Å². The molecule has 0 unspecified atom stereocenters. The number of hydrogen-bond donors (Lipinski definition) is 1. The summed E-state index contributed by atoms with van der Waals surface area (Å²) in [4.78, 5) is 13.2. The number of carbonyl (C=O) groups is 1. The number of rotatable bonds is 5. The quantitative estimate of drug-likeness (QED) is 0.905. The lowest BCUT2D eigenvalue weighted by Crippen LogP contribution is -2.37. The predicted octanol–water partition coefficient (Wildman–Crippen LogP) is 4.05. The first kappa shape index (κ1) is 14.9. The summed E-state index contributed by atoms with van der Waals surface area (Å²) in [6.07, 6.45) is -0.557. The van der Waals surface area contributed by atoms with E-state index in [9.17, 15) is 4.79 Å². The molecule has 106 valence electrons. The molecule has 0 fully saturated rings. The molecule has 1 amide bonds. The van der Waals surface area contributed by atoms with Crippen LogP contribution in [0.4, 0.5) is 0 Å². The van der Waals surface area contributed by atoms with E-state index in [1.807, 2.05) is 24.4 Å². The number of carbonyl (C=O) groups excluding carboxylic acids is 1. The Morgan fingerprint density at radius 3 is 2.55 bits per heavy atom. The van der Waals surface area contributed by atoms with Crippen LogP contribution in [0.25, 0.3) is 0 Å². The molecule has 1 heterocycles. The number of halogens is 1. The fraction of sp³-hybridized carbons (Fsp3) is 0.267. The van der Waals surface area contributed by atoms with Gasteiger partial charge in [-0.25, -0.2) is 0 Å². The highest BCUT2D eigenvalue weighted by molar-refractivity contribution is 7.10. The van der Waals surface area contributed by atoms with Crippen LogP contribution in [-0.2, 0) is 4.79 Å². The number of amides is 1. The SMILES string of the molecule is C[C@H](Oc1ccc(Cl)cc1)C(=O)N[C@H](C)c1cccs1. The van der Waals surface area contributed by atoms with Crippen LogP contribution < -0.4 is 10.1 Å². The Morgan fingerprint density at radius 2 is 1.95 bits per heavy atom. The average Bonchev–Trinajstić information content (AvgIpc) is 2.95. The Kier molecular flexibility index (Phi) is 5.04. The van der Waals surface area contributed by atoms with Gasteiger partial charge in [0.25, 0.3) is 5.91 Å². The second-order valence-corrected chi connectivity index (χ2v) is 5.88. The zero-order valence-corrected chi connectivity index (χ0v) is 12.9. The average molecular weight is 310 g/mol. The highest BCUT2D eigenvalue weighted by atomic mass is 35.5. The Balaban J connectivity index is 1.90. The number of benzene rings is 1. The molecule has 0 aliphatic rings. The summed E-state index contributed by atoms with van der Waals surface area (Å²) in [5.74, 6) is 0.488. The standard InChI is InChI=1S/C15H16ClNO2S/c1-10(14-4-3-9-20-14)17-15(18)11(2)19-13-7-5-12(16)6-8-13/h3-11H,1-2H3,(H,17,18)/t10-,11+/m1/s1. The molecule has 0 saturated carbocycles. The van der Waals surface area contributed by atoms with E-state index in [-0.39, 0.29) is 11.9 Å². The number of thiophene rings is 1. The van der Waals surface area contributed by atoms with E-state index in [1.54, 1.807) is 42.5 Å². The Bertz CT molecular complexity index is 554. The lowest BCUT2D eigenvalue weighted by molar-refractivity contribution is -0.127. The van der Waals surface area contributed by atoms with E-state index in [0.29, 0.717) is 10.8 Å². The van der Waals surface area contributed by atoms with Crippen molar-refractivity contribution in [1.82, 2.24) is 5.32 Å². The van der Waals surface area contributed by atoms with Crippen LogP contribution in [0.5, 0.6) is 5.75 Å². The van der Waals surface area contributed by atoms with E-state index in [0.717, 1.165) is 4.88 Å². The Labute approximate surface area is 127 Å². The van der Waals surface area contributed by atoms with E-state index >= 15 is 0 Å². The van der Waals surface area contributed by atoms with Crippen LogP contribution in [0.15, 0.2) is 41.8 Å². The molecule has 1 aromatic heterocycles. The van der Waals surface area contributed by atoms with Gasteiger partial charge in [-0.2, -0.15) is 0 Å². The highest BCUT2D eigenvalue weighted by Crippen LogP contribution is 2.19. The van der Waals surface area contributed by atoms with Crippen molar-refractivity contribution in [3.8, 4) is 5.75 Å². The van der Waals surface area contributed by atoms with Crippen molar-refractivity contribution in [2.24, 2.45) is 0 Å². The second-order valence-electron chi connectivity index (χ2n) is 4.46. The van der Waals surface area contributed by atoms with Gasteiger partial charge in [-0.3, -0.25) is 4.79 Å². The van der Waals surface area contributed by atoms with Crippen molar-refractivity contribution in [3.05, 3.63) is 51.7 Å². The monoisotopic (exact) mass is 309 g/mol. The van der Waals surface area contributed by atoms with Gasteiger partial charge in [0.15, 0.2) is 6.10 Å². The maximum absolute atomic E-state index is 12.1. The van der Waals surface area contributed by atoms with Gasteiger partial charge in [0.05, 0.1) is 6.04 Å². The van der Waals surface area contributed by atoms with Crippen LogP contribution in [0, 0.1) is 0 Å². The maximum Gasteiger partial charge on any atom is 0.261 e. The van der Waals surface area contributed by atoms with Gasteiger partial charge < -0.3 is 10.1 Å². The fourth-order valence-corrected chi connectivity index (χ4v) is 2.57. The van der Waals surface area contributed by atoms with Crippen LogP contribution in [0.2, 0.25) is 5.02 Å². The predicted molar refractivity (Wildman–Crippen MR) is 82.4 cm³/mol. The molecule has 2 atom stereocenters. The zero-order valence-electron chi connectivity index (χ0n) is 11.3. The van der Waals surface area contributed by atoms with Crippen LogP contribution in [0.1, 0.15) is 24.8 Å². The normalized spacial score (nSPS) is 13.6. The lowest BCUT2D eigenvalue weighted by Gasteiger charge is -2.18. The van der Waals surface area contributed by atoms with Gasteiger partial charge >= 0.3 is 0 Å². The Morgan fingerprint density at radius 1 is 1.25 bits per heavy atom. The molecule has 3 nitrogen and oxygen atoms in total. The smallest absolute Gasteiger partial charge is 0.261 e. The van der Waals surface area contributed by atoms with Crippen LogP contribution >= 0.6 is 22.9 Å². The first-order valence-corrected chi connectivity index (χ1v) is 7.58. The molecule has 20 heavy (non-hydrogen) atoms. The number of ether oxygens (including phenoxy) is 1. The number of nitrogens with one attached hydrogen (secondary N) is 1. The number of hydrogen-bond acceptors (Lipinski definition) is 3. The third kappa shape index (κ3) is 3.99. The summed E-state index contributed by atoms with van der Waals surface area (Å²) in [6, 6.07) is 10.9. The topological polar surface area (TPSA) is 38.3 Å². The summed E-state index contributed by atoms with van der Waals surface area (Å²) >= 11 is 7.42. The van der Waals surface area contributed by atoms with Gasteiger partial charge in [-0.1, -0.05) is 17.7 Å². The summed E-state index contributed by atoms with van der Waals surface area (Å²) in [5, 5.41) is 5.57. The minimum atomic E-state index is -0.557. The molecule has 2 aromatic rings. The summed E-state index contributed by atoms with van der Waals surface area (Å²) in [5.41, 5.74) is 0. The van der Waals surface area contributed by atoms with E-state index in [4.69, 9.17) is 16.3 Å². The third-order valence-electron chi connectivity index (χ3n) is 2.82. The molecular weight excluding hydrogens is 294 g/mol. The minimum Gasteiger partial charge on any atom is -0.481 e. The van der Waals surface area contributed by atoms with Crippen molar-refractivity contribution >= 4 is 28.8 Å². The van der Waals surface area contributed by atoms with Gasteiger partial charge in [0.2, 0.25) is 0 Å². The molecule has 0 aliphatic heterocycles. The van der Waals surface area contributed by atoms with Crippen molar-refractivity contribution < 1.29 is 9.53 Å². The van der Waals surface area contributed by atoms with Crippen molar-refractivity contribution in [1.29, 1.82) is 0 Å². The molecule has 0 bridgehead atoms. The summed E-state index contributed by atoms with van der Waals surface area (Å²) in [7, 11) is 0. The van der Waals surface area contributed by atoms with E-state index in [1.165, 1.54) is 0 Å². The fourth-order valence-electron chi connectivity index (χ4n) is 1.71. The molecule has 1 N–H and O–H groups in total. The van der Waals surface area contributed by atoms with Gasteiger partial charge in [-0.15, -0.1) is 11.3 Å². The third-order valence-corrected chi connectivity index (χ3v) is 4.13. The molecule has 1 aromatic carbocycles. The Hall–Kier alpha value is -1.52. The molecule has 2 rings (SSSR count). The molecular formula is C15H16ClNO2S. The van der Waals surface area contributed by atoms with Gasteiger partial charge in [-0.05, 0) is 49.6 Å². The molecule has 5 heteroatoms. The molecule has 0 radical (unpaired) electrons. The van der Waals surface area contributed by atoms with Gasteiger partial charge in [0, 0.05) is 9.90 Å². The zero-order chi connectivity index (χ0) is 14.5. The van der Waals surface area contributed by atoms with Crippen molar-refractivity contribution in [3.63, 3.8) is 0 Å². The summed E-state index contributed by atoms with van der Waals surface area (Å²) < 4.78 is 5.58. The highest BCUT2D eigenvalue weighted by Gasteiger charge is 2.18. The van der Waals surface area contributed by atoms with Crippen LogP contribution in [0.3, 0.4) is 0 Å². The molecule has 0 aliphatic carbocycles. The largest absolute Gasteiger partial charge is 0.481 e. The lowest BCUT2D eigenvalue weighted by atomic mass is 10.2. The van der Waals surface area contributed by atoms with Gasteiger partial charge in [0.1, 0.15) is 5.75 Å². The first-order chi connectivity index (χ1) is 9.56. The maximum atomic E-state index is 12.1. The van der Waals surface area contributed by atoms with E-state index in [2.05, 4.69) is 5.32 Å². The van der Waals surface area contributed by atoms with Crippen molar-refractivity contribution in [2.45, 2.75) is 26.0 Å². The molecule has 0 spiro atoms. The van der Waals surface area contributed by atoms with Crippen molar-refractivity contribution in [2.75, 3.05) is 0 Å². The first-order valence-electron chi connectivity index (χ1n) is 6.32.